The molecule has 2 fully saturated rings. The third kappa shape index (κ3) is 5.50. The molecule has 0 saturated carbocycles. The number of hydrogen-bond donors (Lipinski definition) is 1. The van der Waals surface area contributed by atoms with Crippen molar-refractivity contribution in [2.24, 2.45) is 16.6 Å². The van der Waals surface area contributed by atoms with Crippen LogP contribution < -0.4 is 5.73 Å². The van der Waals surface area contributed by atoms with Crippen molar-refractivity contribution in [3.05, 3.63) is 35.9 Å². The van der Waals surface area contributed by atoms with Crippen molar-refractivity contribution in [2.75, 3.05) is 19.8 Å². The number of ether oxygens (including phenoxy) is 1. The first-order chi connectivity index (χ1) is 15.7. The third-order valence-electron chi connectivity index (χ3n) is 6.79. The monoisotopic (exact) mass is 497 g/mol. The van der Waals surface area contributed by atoms with Gasteiger partial charge in [0, 0.05) is 12.0 Å². The lowest BCUT2D eigenvalue weighted by molar-refractivity contribution is -0.122. The van der Waals surface area contributed by atoms with E-state index in [1.165, 1.54) is 4.90 Å². The fourth-order valence-electron chi connectivity index (χ4n) is 3.66. The van der Waals surface area contributed by atoms with E-state index in [0.717, 1.165) is 5.06 Å². The SMILES string of the molecule is CC(C)(COC(=O)c1ccccc1)C(C)(C)COS(=O)(=O)ON1C(=O)N2C[C@H]1CC[C@H]2C(N)=O. The van der Waals surface area contributed by atoms with E-state index in [-0.39, 0.29) is 19.8 Å². The van der Waals surface area contributed by atoms with Crippen molar-refractivity contribution in [1.29, 1.82) is 0 Å². The van der Waals surface area contributed by atoms with Crippen LogP contribution in [0.15, 0.2) is 30.3 Å². The zero-order valence-corrected chi connectivity index (χ0v) is 20.5. The Morgan fingerprint density at radius 3 is 2.29 bits per heavy atom. The van der Waals surface area contributed by atoms with Gasteiger partial charge in [0.1, 0.15) is 6.04 Å². The molecule has 0 spiro atoms. The van der Waals surface area contributed by atoms with Gasteiger partial charge in [-0.15, -0.1) is 4.28 Å². The van der Waals surface area contributed by atoms with Gasteiger partial charge < -0.3 is 15.4 Å². The number of hydroxylamine groups is 2. The largest absolute Gasteiger partial charge is 0.462 e. The zero-order valence-electron chi connectivity index (χ0n) is 19.7. The maximum absolute atomic E-state index is 12.6. The quantitative estimate of drug-likeness (QED) is 0.482. The summed E-state index contributed by atoms with van der Waals surface area (Å²) in [5.74, 6) is -1.13. The summed E-state index contributed by atoms with van der Waals surface area (Å²) in [6.07, 6.45) is 0.700. The minimum atomic E-state index is -4.59. The van der Waals surface area contributed by atoms with Crippen molar-refractivity contribution in [3.63, 3.8) is 0 Å². The summed E-state index contributed by atoms with van der Waals surface area (Å²) < 4.78 is 40.6. The Morgan fingerprint density at radius 2 is 1.68 bits per heavy atom. The highest BCUT2D eigenvalue weighted by molar-refractivity contribution is 7.81. The highest BCUT2D eigenvalue weighted by atomic mass is 32.3. The van der Waals surface area contributed by atoms with Crippen LogP contribution >= 0.6 is 0 Å². The Bertz CT molecular complexity index is 1040. The second-order valence-electron chi connectivity index (χ2n) is 9.86. The molecule has 0 aromatic heterocycles. The molecule has 2 aliphatic heterocycles. The van der Waals surface area contributed by atoms with Crippen molar-refractivity contribution in [2.45, 2.75) is 52.6 Å². The number of hydrogen-bond acceptors (Lipinski definition) is 8. The van der Waals surface area contributed by atoms with Crippen LogP contribution in [-0.2, 0) is 28.4 Å². The Kier molecular flexibility index (Phi) is 7.25. The van der Waals surface area contributed by atoms with Crippen LogP contribution in [0.2, 0.25) is 0 Å². The number of nitrogens with zero attached hydrogens (tertiary/aromatic N) is 2. The van der Waals surface area contributed by atoms with E-state index in [1.54, 1.807) is 44.2 Å². The van der Waals surface area contributed by atoms with Gasteiger partial charge in [-0.2, -0.15) is 13.5 Å². The number of nitrogens with two attached hydrogens (primary N) is 1. The Morgan fingerprint density at radius 1 is 1.06 bits per heavy atom. The van der Waals surface area contributed by atoms with Crippen LogP contribution in [0.4, 0.5) is 4.79 Å². The number of amides is 3. The summed E-state index contributed by atoms with van der Waals surface area (Å²) in [5.41, 5.74) is 4.30. The van der Waals surface area contributed by atoms with Crippen molar-refractivity contribution in [1.82, 2.24) is 9.96 Å². The number of benzene rings is 1. The summed E-state index contributed by atoms with van der Waals surface area (Å²) in [4.78, 5) is 37.6. The van der Waals surface area contributed by atoms with Gasteiger partial charge in [-0.1, -0.05) is 45.9 Å². The standard InChI is InChI=1S/C22H31N3O8S/c1-21(2,13-31-19(27)15-8-6-5-7-9-15)22(3,4)14-32-34(29,30)33-25-16-10-11-17(18(23)26)24(12-16)20(25)28/h5-9,16-17H,10-14H2,1-4H3,(H2,23,26)/t16-,17+/m1/s1. The number of rotatable bonds is 10. The maximum Gasteiger partial charge on any atom is 0.421 e. The second kappa shape index (κ2) is 9.51. The molecule has 34 heavy (non-hydrogen) atoms. The summed E-state index contributed by atoms with van der Waals surface area (Å²) >= 11 is 0. The van der Waals surface area contributed by atoms with Crippen LogP contribution in [0, 0.1) is 10.8 Å². The number of urea groups is 1. The molecule has 2 saturated heterocycles. The third-order valence-corrected chi connectivity index (χ3v) is 7.54. The Hall–Kier alpha value is -2.70. The van der Waals surface area contributed by atoms with Crippen molar-refractivity contribution < 1.29 is 36.0 Å². The first-order valence-corrected chi connectivity index (χ1v) is 12.3. The molecule has 0 unspecified atom stereocenters. The molecule has 0 radical (unpaired) electrons. The van der Waals surface area contributed by atoms with Crippen molar-refractivity contribution in [3.8, 4) is 0 Å². The molecule has 2 heterocycles. The van der Waals surface area contributed by atoms with E-state index in [9.17, 15) is 22.8 Å². The highest BCUT2D eigenvalue weighted by Gasteiger charge is 2.49. The Balaban J connectivity index is 1.58. The molecule has 2 N–H and O–H groups in total. The number of carbonyl (C=O) groups excluding carboxylic acids is 3. The van der Waals surface area contributed by atoms with E-state index < -0.39 is 51.2 Å². The van der Waals surface area contributed by atoms with Gasteiger partial charge in [-0.3, -0.25) is 4.79 Å². The summed E-state index contributed by atoms with van der Waals surface area (Å²) in [6, 6.07) is 6.48. The van der Waals surface area contributed by atoms with Gasteiger partial charge in [0.25, 0.3) is 0 Å². The van der Waals surface area contributed by atoms with Gasteiger partial charge in [-0.05, 0) is 30.4 Å². The van der Waals surface area contributed by atoms with Crippen LogP contribution in [0.3, 0.4) is 0 Å². The smallest absolute Gasteiger partial charge is 0.421 e. The van der Waals surface area contributed by atoms with Gasteiger partial charge in [0.2, 0.25) is 5.91 Å². The molecular weight excluding hydrogens is 466 g/mol. The predicted octanol–water partition coefficient (Wildman–Crippen LogP) is 1.84. The van der Waals surface area contributed by atoms with E-state index in [0.29, 0.717) is 18.4 Å². The average molecular weight is 498 g/mol. The molecule has 3 rings (SSSR count). The number of fused-ring (bicyclic) bond motifs is 2. The van der Waals surface area contributed by atoms with Gasteiger partial charge >= 0.3 is 22.4 Å². The molecule has 1 aromatic rings. The lowest BCUT2D eigenvalue weighted by Crippen LogP contribution is -2.47. The number of primary amides is 1. The fourth-order valence-corrected chi connectivity index (χ4v) is 4.52. The normalized spacial score (nSPS) is 21.0. The van der Waals surface area contributed by atoms with Crippen LogP contribution in [0.25, 0.3) is 0 Å². The molecule has 3 amide bonds. The molecule has 2 aliphatic rings. The molecule has 2 bridgehead atoms. The molecule has 2 atom stereocenters. The Labute approximate surface area is 199 Å². The molecular formula is C22H31N3O8S. The van der Waals surface area contributed by atoms with Gasteiger partial charge in [0.05, 0.1) is 24.8 Å². The fraction of sp³-hybridized carbons (Fsp3) is 0.591. The average Bonchev–Trinajstić information content (AvgIpc) is 3.00. The molecule has 11 nitrogen and oxygen atoms in total. The van der Waals surface area contributed by atoms with Crippen LogP contribution in [-0.4, -0.2) is 68.1 Å². The van der Waals surface area contributed by atoms with Crippen LogP contribution in [0.1, 0.15) is 50.9 Å². The molecule has 188 valence electrons. The van der Waals surface area contributed by atoms with E-state index in [1.807, 2.05) is 13.8 Å². The number of piperidine rings is 1. The summed E-state index contributed by atoms with van der Waals surface area (Å²) in [6.45, 7) is 7.08. The highest BCUT2D eigenvalue weighted by Crippen LogP contribution is 2.40. The lowest BCUT2D eigenvalue weighted by atomic mass is 9.69. The molecule has 0 aliphatic carbocycles. The van der Waals surface area contributed by atoms with E-state index >= 15 is 0 Å². The maximum atomic E-state index is 12.6. The first kappa shape index (κ1) is 25.9. The predicted molar refractivity (Wildman–Crippen MR) is 120 cm³/mol. The van der Waals surface area contributed by atoms with Crippen LogP contribution in [0.5, 0.6) is 0 Å². The van der Waals surface area contributed by atoms with E-state index in [2.05, 4.69) is 0 Å². The summed E-state index contributed by atoms with van der Waals surface area (Å²) in [7, 11) is -4.59. The summed E-state index contributed by atoms with van der Waals surface area (Å²) in [5, 5.41) is 0.734. The topological polar surface area (TPSA) is 146 Å². The van der Waals surface area contributed by atoms with Gasteiger partial charge in [-0.25, -0.2) is 13.8 Å². The first-order valence-electron chi connectivity index (χ1n) is 10.9. The number of esters is 1. The zero-order chi connectivity index (χ0) is 25.3. The van der Waals surface area contributed by atoms with Crippen molar-refractivity contribution >= 4 is 28.3 Å². The number of carbonyl (C=O) groups is 3. The molecule has 1 aromatic carbocycles. The minimum Gasteiger partial charge on any atom is -0.462 e. The van der Waals surface area contributed by atoms with Gasteiger partial charge in [0.15, 0.2) is 0 Å². The second-order valence-corrected chi connectivity index (χ2v) is 11.1. The molecule has 12 heteroatoms. The lowest BCUT2D eigenvalue weighted by Gasteiger charge is -2.40. The minimum absolute atomic E-state index is 0.0220. The van der Waals surface area contributed by atoms with E-state index in [4.69, 9.17) is 18.9 Å².